The van der Waals surface area contributed by atoms with Crippen LogP contribution in [0, 0.1) is 11.6 Å². The maximum absolute atomic E-state index is 13.6. The molecule has 4 rings (SSSR count). The number of rotatable bonds is 1. The average molecular weight is 373 g/mol. The zero-order valence-corrected chi connectivity index (χ0v) is 14.5. The van der Waals surface area contributed by atoms with Crippen LogP contribution in [0.25, 0.3) is 0 Å². The van der Waals surface area contributed by atoms with E-state index in [0.717, 1.165) is 0 Å². The Morgan fingerprint density at radius 2 is 1.81 bits per heavy atom. The lowest BCUT2D eigenvalue weighted by atomic mass is 10.1. The number of likely N-dealkylation sites (tertiary alicyclic amines) is 1. The first kappa shape index (κ1) is 17.3. The number of amides is 3. The van der Waals surface area contributed by atoms with E-state index in [1.54, 1.807) is 7.05 Å². The normalized spacial score (nSPS) is 21.2. The van der Waals surface area contributed by atoms with Crippen molar-refractivity contribution in [3.05, 3.63) is 59.7 Å². The number of anilines is 1. The molecule has 0 unspecified atom stereocenters. The minimum Gasteiger partial charge on any atom is -0.485 e. The molecule has 0 aromatic heterocycles. The zero-order chi connectivity index (χ0) is 19.1. The van der Waals surface area contributed by atoms with Crippen molar-refractivity contribution < 1.29 is 23.1 Å². The average Bonchev–Trinajstić information content (AvgIpc) is 3.03. The van der Waals surface area contributed by atoms with Gasteiger partial charge in [0.15, 0.2) is 0 Å². The van der Waals surface area contributed by atoms with Crippen LogP contribution in [0.2, 0.25) is 0 Å². The Bertz CT molecular complexity index is 904. The number of urea groups is 1. The van der Waals surface area contributed by atoms with Crippen LogP contribution in [0.1, 0.15) is 10.4 Å². The van der Waals surface area contributed by atoms with Crippen molar-refractivity contribution in [3.8, 4) is 5.75 Å². The van der Waals surface area contributed by atoms with E-state index < -0.39 is 17.7 Å². The molecule has 0 bridgehead atoms. The van der Waals surface area contributed by atoms with Crippen molar-refractivity contribution >= 4 is 17.6 Å². The van der Waals surface area contributed by atoms with E-state index in [1.165, 1.54) is 52.3 Å². The van der Waals surface area contributed by atoms with Crippen LogP contribution in [0.5, 0.6) is 5.75 Å². The third-order valence-electron chi connectivity index (χ3n) is 4.89. The van der Waals surface area contributed by atoms with Crippen LogP contribution >= 0.6 is 0 Å². The van der Waals surface area contributed by atoms with E-state index in [0.29, 0.717) is 11.3 Å². The van der Waals surface area contributed by atoms with E-state index in [4.69, 9.17) is 4.74 Å². The topological polar surface area (TPSA) is 61.9 Å². The van der Waals surface area contributed by atoms with E-state index in [9.17, 15) is 18.4 Å². The Morgan fingerprint density at radius 1 is 1.11 bits per heavy atom. The summed E-state index contributed by atoms with van der Waals surface area (Å²) in [6.45, 7) is 0.516. The van der Waals surface area contributed by atoms with Gasteiger partial charge in [-0.25, -0.2) is 13.6 Å². The molecule has 3 amide bonds. The van der Waals surface area contributed by atoms with Gasteiger partial charge in [0, 0.05) is 25.3 Å². The lowest BCUT2D eigenvalue weighted by molar-refractivity contribution is 0.0682. The maximum Gasteiger partial charge on any atom is 0.322 e. The smallest absolute Gasteiger partial charge is 0.322 e. The summed E-state index contributed by atoms with van der Waals surface area (Å²) in [4.78, 5) is 28.2. The minimum atomic E-state index is -0.494. The number of nitrogens with one attached hydrogen (secondary N) is 1. The van der Waals surface area contributed by atoms with E-state index in [-0.39, 0.29) is 36.8 Å². The lowest BCUT2D eigenvalue weighted by Crippen LogP contribution is -2.44. The number of likely N-dealkylation sites (N-methyl/N-ethyl adjacent to an activating group) is 1. The van der Waals surface area contributed by atoms with Crippen LogP contribution in [-0.4, -0.2) is 54.0 Å². The summed E-state index contributed by atoms with van der Waals surface area (Å²) in [7, 11) is 1.64. The second kappa shape index (κ2) is 6.53. The molecular weight excluding hydrogens is 356 g/mol. The summed E-state index contributed by atoms with van der Waals surface area (Å²) in [5.41, 5.74) is 0.766. The fourth-order valence-electron chi connectivity index (χ4n) is 3.42. The molecule has 0 radical (unpaired) electrons. The van der Waals surface area contributed by atoms with Crippen LogP contribution in [0.4, 0.5) is 19.3 Å². The summed E-state index contributed by atoms with van der Waals surface area (Å²) < 4.78 is 32.4. The molecule has 2 aromatic rings. The first-order valence-corrected chi connectivity index (χ1v) is 8.47. The Balaban J connectivity index is 1.53. The highest BCUT2D eigenvalue weighted by Crippen LogP contribution is 2.31. The fraction of sp³-hybridized carbons (Fsp3) is 0.263. The van der Waals surface area contributed by atoms with Gasteiger partial charge in [-0.2, -0.15) is 0 Å². The largest absolute Gasteiger partial charge is 0.485 e. The lowest BCUT2D eigenvalue weighted by Gasteiger charge is -2.25. The molecule has 27 heavy (non-hydrogen) atoms. The van der Waals surface area contributed by atoms with Crippen molar-refractivity contribution in [2.45, 2.75) is 12.1 Å². The third kappa shape index (κ3) is 3.18. The molecule has 1 saturated heterocycles. The molecule has 2 aliphatic rings. The van der Waals surface area contributed by atoms with Gasteiger partial charge in [0.2, 0.25) is 0 Å². The summed E-state index contributed by atoms with van der Waals surface area (Å²) >= 11 is 0. The maximum atomic E-state index is 13.6. The van der Waals surface area contributed by atoms with Crippen molar-refractivity contribution in [1.82, 2.24) is 9.80 Å². The van der Waals surface area contributed by atoms with Crippen molar-refractivity contribution in [2.24, 2.45) is 0 Å². The minimum absolute atomic E-state index is 0.181. The predicted octanol–water partition coefficient (Wildman–Crippen LogP) is 2.71. The summed E-state index contributed by atoms with van der Waals surface area (Å²) in [6.07, 6.45) is -0.471. The highest BCUT2D eigenvalue weighted by Gasteiger charge is 2.43. The zero-order valence-electron chi connectivity index (χ0n) is 14.5. The molecule has 1 fully saturated rings. The number of carbonyl (C=O) groups is 2. The van der Waals surface area contributed by atoms with E-state index in [1.807, 2.05) is 0 Å². The first-order chi connectivity index (χ1) is 12.9. The summed E-state index contributed by atoms with van der Waals surface area (Å²) in [5.74, 6) is -0.985. The number of hydrogen-bond acceptors (Lipinski definition) is 3. The molecule has 2 atom stereocenters. The third-order valence-corrected chi connectivity index (χ3v) is 4.89. The van der Waals surface area contributed by atoms with E-state index in [2.05, 4.69) is 5.32 Å². The predicted molar refractivity (Wildman–Crippen MR) is 93.7 cm³/mol. The van der Waals surface area contributed by atoms with Gasteiger partial charge in [0.25, 0.3) is 5.91 Å². The van der Waals surface area contributed by atoms with Crippen LogP contribution in [0.3, 0.4) is 0 Å². The number of halogens is 2. The number of fused-ring (bicyclic) bond motifs is 2. The van der Waals surface area contributed by atoms with Crippen LogP contribution < -0.4 is 10.1 Å². The number of hydrogen-bond donors (Lipinski definition) is 1. The summed E-state index contributed by atoms with van der Waals surface area (Å²) in [6, 6.07) is 8.52. The number of nitrogens with zero attached hydrogens (tertiary/aromatic N) is 2. The highest BCUT2D eigenvalue weighted by molar-refractivity contribution is 5.97. The molecule has 2 heterocycles. The SMILES string of the molecule is CN1C(=O)c2ccc(F)cc2O[C@H]2CN(C(=O)Nc3ccc(F)cc3)C[C@H]21. The van der Waals surface area contributed by atoms with Gasteiger partial charge in [-0.3, -0.25) is 4.79 Å². The standard InChI is InChI=1S/C19H17F2N3O3/c1-23-15-9-24(19(26)22-13-5-2-11(20)3-6-13)10-17(15)27-16-8-12(21)4-7-14(16)18(23)25/h2-8,15,17H,9-10H2,1H3,(H,22,26)/t15-,17+/m1/s1. The number of benzene rings is 2. The Morgan fingerprint density at radius 3 is 2.56 bits per heavy atom. The number of carbonyl (C=O) groups excluding carboxylic acids is 2. The Kier molecular flexibility index (Phi) is 4.18. The number of ether oxygens (including phenoxy) is 1. The van der Waals surface area contributed by atoms with Gasteiger partial charge in [-0.1, -0.05) is 0 Å². The molecule has 2 aliphatic heterocycles. The van der Waals surface area contributed by atoms with Gasteiger partial charge >= 0.3 is 6.03 Å². The Hall–Kier alpha value is -3.16. The van der Waals surface area contributed by atoms with Gasteiger partial charge in [0.1, 0.15) is 23.5 Å². The quantitative estimate of drug-likeness (QED) is 0.836. The fourth-order valence-corrected chi connectivity index (χ4v) is 3.42. The monoisotopic (exact) mass is 373 g/mol. The van der Waals surface area contributed by atoms with Gasteiger partial charge in [0.05, 0.1) is 18.2 Å². The first-order valence-electron chi connectivity index (χ1n) is 8.47. The molecule has 1 N–H and O–H groups in total. The van der Waals surface area contributed by atoms with Gasteiger partial charge in [-0.05, 0) is 36.4 Å². The van der Waals surface area contributed by atoms with Crippen LogP contribution in [0.15, 0.2) is 42.5 Å². The molecule has 140 valence electrons. The Labute approximate surface area is 154 Å². The van der Waals surface area contributed by atoms with Crippen LogP contribution in [-0.2, 0) is 0 Å². The molecule has 8 heteroatoms. The van der Waals surface area contributed by atoms with Crippen molar-refractivity contribution in [2.75, 3.05) is 25.5 Å². The second-order valence-corrected chi connectivity index (χ2v) is 6.62. The molecular formula is C19H17F2N3O3. The van der Waals surface area contributed by atoms with Crippen molar-refractivity contribution in [1.29, 1.82) is 0 Å². The van der Waals surface area contributed by atoms with Gasteiger partial charge in [-0.15, -0.1) is 0 Å². The highest BCUT2D eigenvalue weighted by atomic mass is 19.1. The molecule has 6 nitrogen and oxygen atoms in total. The molecule has 2 aromatic carbocycles. The molecule has 0 spiro atoms. The molecule has 0 aliphatic carbocycles. The van der Waals surface area contributed by atoms with E-state index >= 15 is 0 Å². The second-order valence-electron chi connectivity index (χ2n) is 6.62. The summed E-state index contributed by atoms with van der Waals surface area (Å²) in [5, 5.41) is 2.69. The van der Waals surface area contributed by atoms with Gasteiger partial charge < -0.3 is 19.9 Å². The molecule has 0 saturated carbocycles. The van der Waals surface area contributed by atoms with Crippen molar-refractivity contribution in [3.63, 3.8) is 0 Å².